The Bertz CT molecular complexity index is 659. The van der Waals surface area contributed by atoms with Crippen LogP contribution < -0.4 is 10.6 Å². The van der Waals surface area contributed by atoms with Crippen LogP contribution in [0.2, 0.25) is 0 Å². The van der Waals surface area contributed by atoms with Gasteiger partial charge in [0.25, 0.3) is 11.8 Å². The SMILES string of the molecule is CNC(=O)c1ccc(CNC(=O)c2cc(C)sc2C)cc1. The largest absolute Gasteiger partial charge is 0.355 e. The lowest BCUT2D eigenvalue weighted by Crippen LogP contribution is -2.23. The van der Waals surface area contributed by atoms with Crippen molar-refractivity contribution in [3.8, 4) is 0 Å². The number of carbonyl (C=O) groups is 2. The fourth-order valence-electron chi connectivity index (χ4n) is 2.05. The van der Waals surface area contributed by atoms with E-state index < -0.39 is 0 Å². The van der Waals surface area contributed by atoms with E-state index in [9.17, 15) is 9.59 Å². The molecule has 5 heteroatoms. The Morgan fingerprint density at radius 1 is 1.10 bits per heavy atom. The molecule has 1 aromatic heterocycles. The fraction of sp³-hybridized carbons (Fsp3) is 0.250. The van der Waals surface area contributed by atoms with Crippen molar-refractivity contribution in [3.05, 3.63) is 56.8 Å². The summed E-state index contributed by atoms with van der Waals surface area (Å²) in [5, 5.41) is 5.47. The average molecular weight is 302 g/mol. The van der Waals surface area contributed by atoms with Gasteiger partial charge in [-0.1, -0.05) is 12.1 Å². The molecule has 0 unspecified atom stereocenters. The number of amides is 2. The van der Waals surface area contributed by atoms with E-state index in [4.69, 9.17) is 0 Å². The minimum Gasteiger partial charge on any atom is -0.355 e. The summed E-state index contributed by atoms with van der Waals surface area (Å²) in [4.78, 5) is 25.7. The molecule has 1 heterocycles. The second-order valence-corrected chi connectivity index (χ2v) is 6.25. The molecule has 4 nitrogen and oxygen atoms in total. The molecule has 2 aromatic rings. The zero-order chi connectivity index (χ0) is 15.4. The van der Waals surface area contributed by atoms with Crippen LogP contribution in [-0.2, 0) is 6.54 Å². The van der Waals surface area contributed by atoms with Crippen LogP contribution in [0.15, 0.2) is 30.3 Å². The highest BCUT2D eigenvalue weighted by Gasteiger charge is 2.11. The molecule has 21 heavy (non-hydrogen) atoms. The van der Waals surface area contributed by atoms with Gasteiger partial charge in [-0.25, -0.2) is 0 Å². The van der Waals surface area contributed by atoms with Gasteiger partial charge in [0.1, 0.15) is 0 Å². The van der Waals surface area contributed by atoms with Gasteiger partial charge in [-0.3, -0.25) is 9.59 Å². The van der Waals surface area contributed by atoms with E-state index in [1.807, 2.05) is 32.0 Å². The van der Waals surface area contributed by atoms with Gasteiger partial charge >= 0.3 is 0 Å². The van der Waals surface area contributed by atoms with Crippen LogP contribution in [0.1, 0.15) is 36.0 Å². The Kier molecular flexibility index (Phi) is 4.75. The number of nitrogens with one attached hydrogen (secondary N) is 2. The highest BCUT2D eigenvalue weighted by atomic mass is 32.1. The standard InChI is InChI=1S/C16H18N2O2S/c1-10-8-14(11(2)21-10)16(20)18-9-12-4-6-13(7-5-12)15(19)17-3/h4-8H,9H2,1-3H3,(H,17,19)(H,18,20). The molecule has 0 saturated carbocycles. The molecule has 0 radical (unpaired) electrons. The second-order valence-electron chi connectivity index (χ2n) is 4.79. The summed E-state index contributed by atoms with van der Waals surface area (Å²) in [6.45, 7) is 4.39. The molecule has 2 amide bonds. The van der Waals surface area contributed by atoms with E-state index in [-0.39, 0.29) is 11.8 Å². The van der Waals surface area contributed by atoms with Crippen LogP contribution in [0.3, 0.4) is 0 Å². The number of hydrogen-bond donors (Lipinski definition) is 2. The van der Waals surface area contributed by atoms with Crippen LogP contribution >= 0.6 is 11.3 Å². The van der Waals surface area contributed by atoms with Gasteiger partial charge in [0.2, 0.25) is 0 Å². The molecule has 1 aromatic carbocycles. The molecule has 2 rings (SSSR count). The molecule has 0 atom stereocenters. The van der Waals surface area contributed by atoms with E-state index in [0.717, 1.165) is 20.9 Å². The Hall–Kier alpha value is -2.14. The van der Waals surface area contributed by atoms with Crippen molar-refractivity contribution in [2.24, 2.45) is 0 Å². The van der Waals surface area contributed by atoms with Crippen molar-refractivity contribution in [2.45, 2.75) is 20.4 Å². The van der Waals surface area contributed by atoms with Gasteiger partial charge in [-0.2, -0.15) is 0 Å². The fourth-order valence-corrected chi connectivity index (χ4v) is 2.97. The number of benzene rings is 1. The molecule has 0 spiro atoms. The summed E-state index contributed by atoms with van der Waals surface area (Å²) in [5.74, 6) is -0.179. The highest BCUT2D eigenvalue weighted by molar-refractivity contribution is 7.12. The third kappa shape index (κ3) is 3.70. The number of rotatable bonds is 4. The van der Waals surface area contributed by atoms with Crippen molar-refractivity contribution in [1.82, 2.24) is 10.6 Å². The van der Waals surface area contributed by atoms with Gasteiger partial charge in [0, 0.05) is 28.9 Å². The van der Waals surface area contributed by atoms with Crippen LogP contribution in [0.25, 0.3) is 0 Å². The molecule has 2 N–H and O–H groups in total. The maximum Gasteiger partial charge on any atom is 0.252 e. The molecule has 0 bridgehead atoms. The van der Waals surface area contributed by atoms with E-state index in [1.54, 1.807) is 30.5 Å². The average Bonchev–Trinajstić information content (AvgIpc) is 2.83. The van der Waals surface area contributed by atoms with Crippen LogP contribution in [-0.4, -0.2) is 18.9 Å². The summed E-state index contributed by atoms with van der Waals surface area (Å²) in [6.07, 6.45) is 0. The van der Waals surface area contributed by atoms with E-state index in [0.29, 0.717) is 12.1 Å². The maximum absolute atomic E-state index is 12.1. The van der Waals surface area contributed by atoms with Crippen LogP contribution in [0.4, 0.5) is 0 Å². The third-order valence-corrected chi connectivity index (χ3v) is 4.15. The van der Waals surface area contributed by atoms with Crippen molar-refractivity contribution < 1.29 is 9.59 Å². The van der Waals surface area contributed by atoms with Gasteiger partial charge in [-0.05, 0) is 37.6 Å². The minimum atomic E-state index is -0.116. The molecule has 0 aliphatic heterocycles. The number of hydrogen-bond acceptors (Lipinski definition) is 3. The van der Waals surface area contributed by atoms with E-state index >= 15 is 0 Å². The predicted molar refractivity (Wildman–Crippen MR) is 84.8 cm³/mol. The van der Waals surface area contributed by atoms with Crippen molar-refractivity contribution in [2.75, 3.05) is 7.05 Å². The first-order chi connectivity index (χ1) is 10.0. The smallest absolute Gasteiger partial charge is 0.252 e. The maximum atomic E-state index is 12.1. The summed E-state index contributed by atoms with van der Waals surface area (Å²) >= 11 is 1.62. The quantitative estimate of drug-likeness (QED) is 0.912. The topological polar surface area (TPSA) is 58.2 Å². The zero-order valence-corrected chi connectivity index (χ0v) is 13.1. The monoisotopic (exact) mass is 302 g/mol. The lowest BCUT2D eigenvalue weighted by molar-refractivity contribution is 0.0946. The molecule has 110 valence electrons. The van der Waals surface area contributed by atoms with Crippen LogP contribution in [0.5, 0.6) is 0 Å². The van der Waals surface area contributed by atoms with Gasteiger partial charge < -0.3 is 10.6 Å². The first-order valence-corrected chi connectivity index (χ1v) is 7.49. The van der Waals surface area contributed by atoms with Gasteiger partial charge in [0.15, 0.2) is 0 Å². The summed E-state index contributed by atoms with van der Waals surface area (Å²) < 4.78 is 0. The molecular weight excluding hydrogens is 284 g/mol. The Morgan fingerprint density at radius 2 is 1.76 bits per heavy atom. The molecular formula is C16H18N2O2S. The van der Waals surface area contributed by atoms with Gasteiger partial charge in [0.05, 0.1) is 5.56 Å². The number of aryl methyl sites for hydroxylation is 2. The Balaban J connectivity index is 1.98. The van der Waals surface area contributed by atoms with Crippen molar-refractivity contribution in [1.29, 1.82) is 0 Å². The van der Waals surface area contributed by atoms with Crippen LogP contribution in [0, 0.1) is 13.8 Å². The second kappa shape index (κ2) is 6.54. The lowest BCUT2D eigenvalue weighted by atomic mass is 10.1. The predicted octanol–water partition coefficient (Wildman–Crippen LogP) is 2.65. The summed E-state index contributed by atoms with van der Waals surface area (Å²) in [5.41, 5.74) is 2.30. The first-order valence-electron chi connectivity index (χ1n) is 6.67. The lowest BCUT2D eigenvalue weighted by Gasteiger charge is -2.06. The Labute approximate surface area is 128 Å². The minimum absolute atomic E-state index is 0.0628. The normalized spacial score (nSPS) is 10.2. The Morgan fingerprint density at radius 3 is 2.29 bits per heavy atom. The number of carbonyl (C=O) groups excluding carboxylic acids is 2. The number of thiophene rings is 1. The molecule has 0 saturated heterocycles. The van der Waals surface area contributed by atoms with E-state index in [1.165, 1.54) is 0 Å². The van der Waals surface area contributed by atoms with E-state index in [2.05, 4.69) is 10.6 Å². The highest BCUT2D eigenvalue weighted by Crippen LogP contribution is 2.20. The third-order valence-electron chi connectivity index (χ3n) is 3.18. The summed E-state index contributed by atoms with van der Waals surface area (Å²) in [6, 6.07) is 9.10. The molecule has 0 aliphatic rings. The summed E-state index contributed by atoms with van der Waals surface area (Å²) in [7, 11) is 1.60. The molecule has 0 aliphatic carbocycles. The van der Waals surface area contributed by atoms with Crippen molar-refractivity contribution >= 4 is 23.2 Å². The first kappa shape index (κ1) is 15.3. The zero-order valence-electron chi connectivity index (χ0n) is 12.3. The van der Waals surface area contributed by atoms with Gasteiger partial charge in [-0.15, -0.1) is 11.3 Å². The molecule has 0 fully saturated rings. The van der Waals surface area contributed by atoms with Crippen molar-refractivity contribution in [3.63, 3.8) is 0 Å².